The van der Waals surface area contributed by atoms with Crippen molar-refractivity contribution in [3.8, 4) is 0 Å². The van der Waals surface area contributed by atoms with Gasteiger partial charge in [-0.1, -0.05) is 6.92 Å². The van der Waals surface area contributed by atoms with Gasteiger partial charge in [-0.2, -0.15) is 0 Å². The number of ether oxygens (including phenoxy) is 1. The van der Waals surface area contributed by atoms with Gasteiger partial charge in [-0.3, -0.25) is 4.79 Å². The van der Waals surface area contributed by atoms with E-state index in [2.05, 4.69) is 0 Å². The molecule has 2 heteroatoms. The van der Waals surface area contributed by atoms with Gasteiger partial charge in [0.1, 0.15) is 5.78 Å². The molecule has 0 aromatic heterocycles. The molecule has 0 heterocycles. The largest absolute Gasteiger partial charge is 0.379 e. The summed E-state index contributed by atoms with van der Waals surface area (Å²) in [6, 6.07) is 0. The summed E-state index contributed by atoms with van der Waals surface area (Å²) in [6.45, 7) is 4.79. The summed E-state index contributed by atoms with van der Waals surface area (Å²) in [4.78, 5) is 11.4. The van der Waals surface area contributed by atoms with Crippen LogP contribution in [0.25, 0.3) is 0 Å². The van der Waals surface area contributed by atoms with Crippen LogP contribution in [0, 0.1) is 5.92 Å². The number of carbonyl (C=O) groups excluding carboxylic acids is 1. The van der Waals surface area contributed by atoms with E-state index in [1.165, 1.54) is 0 Å². The fourth-order valence-electron chi connectivity index (χ4n) is 2.08. The molecule has 13 heavy (non-hydrogen) atoms. The van der Waals surface area contributed by atoms with E-state index in [1.54, 1.807) is 0 Å². The third kappa shape index (κ3) is 3.11. The summed E-state index contributed by atoms with van der Waals surface area (Å²) in [7, 11) is 0. The Kier molecular flexibility index (Phi) is 4.43. The van der Waals surface area contributed by atoms with Gasteiger partial charge >= 0.3 is 0 Å². The number of carbonyl (C=O) groups is 1. The molecule has 1 rings (SSSR count). The first kappa shape index (κ1) is 10.7. The molecule has 0 aromatic carbocycles. The van der Waals surface area contributed by atoms with E-state index in [1.807, 2.05) is 13.8 Å². The van der Waals surface area contributed by atoms with Crippen molar-refractivity contribution in [1.29, 1.82) is 0 Å². The van der Waals surface area contributed by atoms with E-state index in [0.29, 0.717) is 24.2 Å². The second-order valence-electron chi connectivity index (χ2n) is 3.75. The lowest BCUT2D eigenvalue weighted by molar-refractivity contribution is -0.124. The Hall–Kier alpha value is -0.370. The van der Waals surface area contributed by atoms with Gasteiger partial charge in [0.25, 0.3) is 0 Å². The molecule has 0 radical (unpaired) electrons. The van der Waals surface area contributed by atoms with E-state index in [4.69, 9.17) is 4.74 Å². The highest BCUT2D eigenvalue weighted by Crippen LogP contribution is 2.27. The Labute approximate surface area is 80.7 Å². The van der Waals surface area contributed by atoms with E-state index >= 15 is 0 Å². The van der Waals surface area contributed by atoms with Crippen molar-refractivity contribution in [2.75, 3.05) is 6.61 Å². The van der Waals surface area contributed by atoms with E-state index in [-0.39, 0.29) is 0 Å². The van der Waals surface area contributed by atoms with Gasteiger partial charge in [-0.05, 0) is 32.6 Å². The van der Waals surface area contributed by atoms with E-state index < -0.39 is 0 Å². The summed E-state index contributed by atoms with van der Waals surface area (Å²) in [5, 5.41) is 0. The predicted octanol–water partition coefficient (Wildman–Crippen LogP) is 2.56. The van der Waals surface area contributed by atoms with Crippen LogP contribution in [0.4, 0.5) is 0 Å². The molecule has 1 fully saturated rings. The molecule has 0 saturated heterocycles. The van der Waals surface area contributed by atoms with Crippen molar-refractivity contribution in [2.45, 2.75) is 52.1 Å². The highest BCUT2D eigenvalue weighted by molar-refractivity contribution is 5.80. The average molecular weight is 184 g/mol. The Morgan fingerprint density at radius 3 is 2.31 bits per heavy atom. The lowest BCUT2D eigenvalue weighted by Crippen LogP contribution is -2.25. The molecule has 0 amide bonds. The summed E-state index contributed by atoms with van der Waals surface area (Å²) >= 11 is 0. The molecular formula is C11H20O2. The second kappa shape index (κ2) is 5.38. The predicted molar refractivity (Wildman–Crippen MR) is 52.7 cm³/mol. The van der Waals surface area contributed by atoms with Crippen LogP contribution in [-0.4, -0.2) is 18.5 Å². The van der Waals surface area contributed by atoms with Gasteiger partial charge in [-0.15, -0.1) is 0 Å². The fraction of sp³-hybridized carbons (Fsp3) is 0.909. The van der Waals surface area contributed by atoms with Gasteiger partial charge < -0.3 is 4.74 Å². The van der Waals surface area contributed by atoms with Crippen molar-refractivity contribution >= 4 is 5.78 Å². The third-order valence-corrected chi connectivity index (χ3v) is 2.88. The maximum Gasteiger partial charge on any atom is 0.135 e. The SMILES string of the molecule is CCOC1CCC(C(=O)CC)CC1. The first-order chi connectivity index (χ1) is 6.27. The second-order valence-corrected chi connectivity index (χ2v) is 3.75. The Bertz CT molecular complexity index is 157. The Morgan fingerprint density at radius 1 is 1.23 bits per heavy atom. The van der Waals surface area contributed by atoms with Crippen molar-refractivity contribution < 1.29 is 9.53 Å². The van der Waals surface area contributed by atoms with Gasteiger partial charge in [0.05, 0.1) is 6.10 Å². The Morgan fingerprint density at radius 2 is 1.85 bits per heavy atom. The van der Waals surface area contributed by atoms with Crippen LogP contribution in [-0.2, 0) is 9.53 Å². The maximum atomic E-state index is 11.4. The van der Waals surface area contributed by atoms with Gasteiger partial charge in [0, 0.05) is 18.9 Å². The molecule has 0 spiro atoms. The zero-order valence-electron chi connectivity index (χ0n) is 8.71. The molecular weight excluding hydrogens is 164 g/mol. The standard InChI is InChI=1S/C11H20O2/c1-3-11(12)9-5-7-10(8-6-9)13-4-2/h9-10H,3-8H2,1-2H3. The van der Waals surface area contributed by atoms with Gasteiger partial charge in [-0.25, -0.2) is 0 Å². The smallest absolute Gasteiger partial charge is 0.135 e. The zero-order valence-corrected chi connectivity index (χ0v) is 8.71. The van der Waals surface area contributed by atoms with Crippen LogP contribution in [0.1, 0.15) is 46.0 Å². The normalized spacial score (nSPS) is 28.8. The number of hydrogen-bond donors (Lipinski definition) is 0. The summed E-state index contributed by atoms with van der Waals surface area (Å²) < 4.78 is 5.53. The molecule has 1 saturated carbocycles. The monoisotopic (exact) mass is 184 g/mol. The van der Waals surface area contributed by atoms with Crippen LogP contribution in [0.5, 0.6) is 0 Å². The molecule has 0 aliphatic heterocycles. The summed E-state index contributed by atoms with van der Waals surface area (Å²) in [6.07, 6.45) is 5.35. The lowest BCUT2D eigenvalue weighted by atomic mass is 9.84. The minimum atomic E-state index is 0.335. The minimum Gasteiger partial charge on any atom is -0.379 e. The summed E-state index contributed by atoms with van der Waals surface area (Å²) in [5.41, 5.74) is 0. The molecule has 0 aromatic rings. The van der Waals surface area contributed by atoms with Crippen LogP contribution in [0.2, 0.25) is 0 Å². The average Bonchev–Trinajstić information content (AvgIpc) is 2.18. The van der Waals surface area contributed by atoms with Crippen LogP contribution in [0.3, 0.4) is 0 Å². The first-order valence-corrected chi connectivity index (χ1v) is 5.42. The highest BCUT2D eigenvalue weighted by Gasteiger charge is 2.24. The Balaban J connectivity index is 2.26. The lowest BCUT2D eigenvalue weighted by Gasteiger charge is -2.27. The van der Waals surface area contributed by atoms with E-state index in [9.17, 15) is 4.79 Å². The number of rotatable bonds is 4. The van der Waals surface area contributed by atoms with Crippen molar-refractivity contribution in [2.24, 2.45) is 5.92 Å². The molecule has 76 valence electrons. The number of Topliss-reactive ketones (excluding diaryl/α,β-unsaturated/α-hetero) is 1. The fourth-order valence-corrected chi connectivity index (χ4v) is 2.08. The molecule has 1 aliphatic rings. The van der Waals surface area contributed by atoms with Crippen LogP contribution in [0.15, 0.2) is 0 Å². The zero-order chi connectivity index (χ0) is 9.68. The quantitative estimate of drug-likeness (QED) is 0.671. The van der Waals surface area contributed by atoms with Crippen molar-refractivity contribution in [3.63, 3.8) is 0 Å². The summed E-state index contributed by atoms with van der Waals surface area (Å²) in [5.74, 6) is 0.775. The molecule has 1 aliphatic carbocycles. The maximum absolute atomic E-state index is 11.4. The first-order valence-electron chi connectivity index (χ1n) is 5.42. The van der Waals surface area contributed by atoms with Crippen molar-refractivity contribution in [3.05, 3.63) is 0 Å². The molecule has 0 atom stereocenters. The highest BCUT2D eigenvalue weighted by atomic mass is 16.5. The molecule has 0 N–H and O–H groups in total. The molecule has 0 bridgehead atoms. The van der Waals surface area contributed by atoms with Crippen LogP contribution >= 0.6 is 0 Å². The number of ketones is 1. The third-order valence-electron chi connectivity index (χ3n) is 2.88. The van der Waals surface area contributed by atoms with Crippen molar-refractivity contribution in [1.82, 2.24) is 0 Å². The minimum absolute atomic E-state index is 0.335. The van der Waals surface area contributed by atoms with Gasteiger partial charge in [0.15, 0.2) is 0 Å². The van der Waals surface area contributed by atoms with E-state index in [0.717, 1.165) is 32.3 Å². The van der Waals surface area contributed by atoms with Gasteiger partial charge in [0.2, 0.25) is 0 Å². The molecule has 0 unspecified atom stereocenters. The number of hydrogen-bond acceptors (Lipinski definition) is 2. The topological polar surface area (TPSA) is 26.3 Å². The van der Waals surface area contributed by atoms with Crippen LogP contribution < -0.4 is 0 Å². The molecule has 2 nitrogen and oxygen atoms in total.